The van der Waals surface area contributed by atoms with Crippen LogP contribution in [0.4, 0.5) is 0 Å². The molecule has 2 aromatic carbocycles. The van der Waals surface area contributed by atoms with E-state index in [2.05, 4.69) is 5.32 Å². The van der Waals surface area contributed by atoms with Crippen molar-refractivity contribution in [3.05, 3.63) is 59.2 Å². The zero-order valence-corrected chi connectivity index (χ0v) is 18.7. The number of nitrogens with one attached hydrogen (secondary N) is 1. The number of nitrogens with zero attached hydrogens (tertiary/aromatic N) is 1. The molecule has 11 heteroatoms. The van der Waals surface area contributed by atoms with Gasteiger partial charge in [0.2, 0.25) is 20.0 Å². The van der Waals surface area contributed by atoms with Crippen LogP contribution < -0.4 is 15.2 Å². The Labute approximate surface area is 182 Å². The maximum absolute atomic E-state index is 13.0. The first-order valence-electron chi connectivity index (χ1n) is 9.65. The largest absolute Gasteiger partial charge is 0.495 e. The molecule has 1 amide bonds. The summed E-state index contributed by atoms with van der Waals surface area (Å²) in [5.41, 5.74) is 1.50. The minimum Gasteiger partial charge on any atom is -0.495 e. The predicted molar refractivity (Wildman–Crippen MR) is 115 cm³/mol. The van der Waals surface area contributed by atoms with Crippen molar-refractivity contribution in [2.45, 2.75) is 30.0 Å². The monoisotopic (exact) mass is 467 g/mol. The average Bonchev–Trinajstić information content (AvgIpc) is 3.27. The predicted octanol–water partition coefficient (Wildman–Crippen LogP) is 1.20. The molecule has 1 saturated heterocycles. The molecular weight excluding hydrogens is 442 g/mol. The molecule has 2 aromatic rings. The Morgan fingerprint density at radius 1 is 1.03 bits per heavy atom. The lowest BCUT2D eigenvalue weighted by Gasteiger charge is -2.18. The molecular formula is C20H25N3O6S2. The van der Waals surface area contributed by atoms with Crippen LogP contribution in [-0.2, 0) is 32.3 Å². The Hall–Kier alpha value is -2.47. The first-order valence-corrected chi connectivity index (χ1v) is 12.8. The van der Waals surface area contributed by atoms with Crippen molar-refractivity contribution in [3.63, 3.8) is 0 Å². The van der Waals surface area contributed by atoms with Crippen LogP contribution in [0.3, 0.4) is 0 Å². The fourth-order valence-corrected chi connectivity index (χ4v) is 5.71. The van der Waals surface area contributed by atoms with Gasteiger partial charge in [0.1, 0.15) is 10.6 Å². The van der Waals surface area contributed by atoms with E-state index in [1.807, 2.05) is 0 Å². The van der Waals surface area contributed by atoms with Crippen LogP contribution in [0.15, 0.2) is 47.4 Å². The van der Waals surface area contributed by atoms with Gasteiger partial charge in [0.05, 0.1) is 12.9 Å². The summed E-state index contributed by atoms with van der Waals surface area (Å²) in [5, 5.41) is 7.77. The second-order valence-corrected chi connectivity index (χ2v) is 10.8. The van der Waals surface area contributed by atoms with E-state index in [-0.39, 0.29) is 28.5 Å². The number of benzene rings is 2. The lowest BCUT2D eigenvalue weighted by molar-refractivity contribution is 0.0950. The molecule has 0 atom stereocenters. The van der Waals surface area contributed by atoms with Gasteiger partial charge in [-0.1, -0.05) is 24.3 Å². The first kappa shape index (κ1) is 23.2. The summed E-state index contributed by atoms with van der Waals surface area (Å²) < 4.78 is 54.8. The van der Waals surface area contributed by atoms with Crippen molar-refractivity contribution >= 4 is 26.0 Å². The summed E-state index contributed by atoms with van der Waals surface area (Å²) in [7, 11) is -5.98. The average molecular weight is 468 g/mol. The number of hydrogen-bond acceptors (Lipinski definition) is 6. The molecule has 0 radical (unpaired) electrons. The van der Waals surface area contributed by atoms with Gasteiger partial charge in [-0.2, -0.15) is 4.31 Å². The standard InChI is InChI=1S/C20H25N3O6S2/c1-29-18-9-8-17(12-19(18)31(27,28)23-10-2-3-11-23)20(24)22-13-15-4-6-16(7-5-15)14-30(21,25)26/h4-9,12H,2-3,10-11,13-14H2,1H3,(H,22,24)(H2,21,25,26). The van der Waals surface area contributed by atoms with Gasteiger partial charge < -0.3 is 10.1 Å². The first-order chi connectivity index (χ1) is 14.6. The van der Waals surface area contributed by atoms with E-state index in [0.717, 1.165) is 18.4 Å². The number of hydrogen-bond donors (Lipinski definition) is 2. The van der Waals surface area contributed by atoms with Crippen molar-refractivity contribution in [1.29, 1.82) is 0 Å². The lowest BCUT2D eigenvalue weighted by atomic mass is 10.1. The normalized spacial score (nSPS) is 15.0. The highest BCUT2D eigenvalue weighted by Crippen LogP contribution is 2.29. The third-order valence-electron chi connectivity index (χ3n) is 4.95. The van der Waals surface area contributed by atoms with Crippen LogP contribution in [-0.4, -0.2) is 47.2 Å². The van der Waals surface area contributed by atoms with Crippen LogP contribution >= 0.6 is 0 Å². The van der Waals surface area contributed by atoms with Crippen molar-refractivity contribution < 1.29 is 26.4 Å². The number of ether oxygens (including phenoxy) is 1. The Morgan fingerprint density at radius 3 is 2.23 bits per heavy atom. The molecule has 3 rings (SSSR count). The van der Waals surface area contributed by atoms with Crippen LogP contribution in [0.2, 0.25) is 0 Å². The fourth-order valence-electron chi connectivity index (χ4n) is 3.36. The van der Waals surface area contributed by atoms with Gasteiger partial charge in [0, 0.05) is 25.2 Å². The Morgan fingerprint density at radius 2 is 1.65 bits per heavy atom. The summed E-state index contributed by atoms with van der Waals surface area (Å²) in [6.45, 7) is 1.08. The SMILES string of the molecule is COc1ccc(C(=O)NCc2ccc(CS(N)(=O)=O)cc2)cc1S(=O)(=O)N1CCCC1. The number of nitrogens with two attached hydrogens (primary N) is 1. The number of methoxy groups -OCH3 is 1. The molecule has 0 saturated carbocycles. The van der Waals surface area contributed by atoms with Crippen molar-refractivity contribution in [2.24, 2.45) is 5.14 Å². The zero-order chi connectivity index (χ0) is 22.6. The van der Waals surface area contributed by atoms with Gasteiger partial charge in [0.15, 0.2) is 0 Å². The van der Waals surface area contributed by atoms with Crippen LogP contribution in [0.25, 0.3) is 0 Å². The van der Waals surface area contributed by atoms with E-state index in [0.29, 0.717) is 18.7 Å². The van der Waals surface area contributed by atoms with Crippen molar-refractivity contribution in [3.8, 4) is 5.75 Å². The molecule has 0 unspecified atom stereocenters. The Bertz CT molecular complexity index is 1160. The number of primary sulfonamides is 1. The van der Waals surface area contributed by atoms with E-state index in [1.54, 1.807) is 24.3 Å². The Kier molecular flexibility index (Phi) is 6.99. The molecule has 1 fully saturated rings. The van der Waals surface area contributed by atoms with Gasteiger partial charge in [-0.25, -0.2) is 22.0 Å². The third-order valence-corrected chi connectivity index (χ3v) is 7.61. The molecule has 9 nitrogen and oxygen atoms in total. The van der Waals surface area contributed by atoms with E-state index >= 15 is 0 Å². The maximum Gasteiger partial charge on any atom is 0.251 e. The van der Waals surface area contributed by atoms with Crippen LogP contribution in [0.5, 0.6) is 5.75 Å². The molecule has 0 bridgehead atoms. The zero-order valence-electron chi connectivity index (χ0n) is 17.1. The quantitative estimate of drug-likeness (QED) is 0.599. The molecule has 0 spiro atoms. The van der Waals surface area contributed by atoms with Gasteiger partial charge >= 0.3 is 0 Å². The molecule has 1 aliphatic rings. The van der Waals surface area contributed by atoms with Crippen LogP contribution in [0, 0.1) is 0 Å². The van der Waals surface area contributed by atoms with Gasteiger partial charge in [-0.3, -0.25) is 4.79 Å². The van der Waals surface area contributed by atoms with Crippen LogP contribution in [0.1, 0.15) is 34.3 Å². The summed E-state index contributed by atoms with van der Waals surface area (Å²) in [6, 6.07) is 10.9. The minimum atomic E-state index is -3.76. The molecule has 3 N–H and O–H groups in total. The molecule has 168 valence electrons. The topological polar surface area (TPSA) is 136 Å². The fraction of sp³-hybridized carbons (Fsp3) is 0.350. The van der Waals surface area contributed by atoms with Gasteiger partial charge in [0.25, 0.3) is 5.91 Å². The van der Waals surface area contributed by atoms with Gasteiger partial charge in [-0.05, 0) is 42.2 Å². The van der Waals surface area contributed by atoms with E-state index < -0.39 is 26.0 Å². The number of rotatable bonds is 8. The van der Waals surface area contributed by atoms with E-state index in [4.69, 9.17) is 9.88 Å². The second-order valence-electron chi connectivity index (χ2n) is 7.28. The molecule has 1 aliphatic heterocycles. The summed E-state index contributed by atoms with van der Waals surface area (Å²) >= 11 is 0. The molecule has 0 aliphatic carbocycles. The Balaban J connectivity index is 1.73. The summed E-state index contributed by atoms with van der Waals surface area (Å²) in [5.74, 6) is -0.511. The van der Waals surface area contributed by atoms with Gasteiger partial charge in [-0.15, -0.1) is 0 Å². The highest BCUT2D eigenvalue weighted by Gasteiger charge is 2.30. The number of carbonyl (C=O) groups is 1. The smallest absolute Gasteiger partial charge is 0.251 e. The number of carbonyl (C=O) groups excluding carboxylic acids is 1. The highest BCUT2D eigenvalue weighted by molar-refractivity contribution is 7.89. The molecule has 0 aromatic heterocycles. The molecule has 1 heterocycles. The maximum atomic E-state index is 13.0. The number of amides is 1. The lowest BCUT2D eigenvalue weighted by Crippen LogP contribution is -2.29. The number of sulfonamides is 2. The van der Waals surface area contributed by atoms with Crippen molar-refractivity contribution in [1.82, 2.24) is 9.62 Å². The minimum absolute atomic E-state index is 0.0307. The van der Waals surface area contributed by atoms with E-state index in [9.17, 15) is 21.6 Å². The third kappa shape index (κ3) is 5.82. The summed E-state index contributed by atoms with van der Waals surface area (Å²) in [6.07, 6.45) is 1.61. The van der Waals surface area contributed by atoms with Crippen molar-refractivity contribution in [2.75, 3.05) is 20.2 Å². The summed E-state index contributed by atoms with van der Waals surface area (Å²) in [4.78, 5) is 12.6. The second kappa shape index (κ2) is 9.35. The molecule has 31 heavy (non-hydrogen) atoms. The van der Waals surface area contributed by atoms with E-state index in [1.165, 1.54) is 29.6 Å². The highest BCUT2D eigenvalue weighted by atomic mass is 32.2.